The quantitative estimate of drug-likeness (QED) is 0.558. The number of hydrogen-bond acceptors (Lipinski definition) is 4. The lowest BCUT2D eigenvalue weighted by Gasteiger charge is -2.27. The van der Waals surface area contributed by atoms with Gasteiger partial charge in [-0.25, -0.2) is 4.39 Å². The van der Waals surface area contributed by atoms with Gasteiger partial charge in [0.25, 0.3) is 0 Å². The van der Waals surface area contributed by atoms with E-state index in [1.807, 2.05) is 29.3 Å². The van der Waals surface area contributed by atoms with Crippen molar-refractivity contribution in [3.05, 3.63) is 52.8 Å². The first-order valence-corrected chi connectivity index (χ1v) is 9.36. The van der Waals surface area contributed by atoms with Crippen molar-refractivity contribution in [2.24, 2.45) is 10.2 Å². The van der Waals surface area contributed by atoms with Gasteiger partial charge in [-0.3, -0.25) is 0 Å². The average Bonchev–Trinajstić information content (AvgIpc) is 2.79. The summed E-state index contributed by atoms with van der Waals surface area (Å²) >= 11 is 7.92. The van der Waals surface area contributed by atoms with Crippen LogP contribution in [0.25, 0.3) is 10.9 Å². The van der Waals surface area contributed by atoms with E-state index in [4.69, 9.17) is 11.6 Å². The lowest BCUT2D eigenvalue weighted by Crippen LogP contribution is -2.22. The maximum Gasteiger partial charge on any atom is 0.221 e. The van der Waals surface area contributed by atoms with Gasteiger partial charge in [0.1, 0.15) is 5.82 Å². The topological polar surface area (TPSA) is 49.9 Å². The van der Waals surface area contributed by atoms with Crippen LogP contribution in [0.4, 0.5) is 15.8 Å². The van der Waals surface area contributed by atoms with Crippen LogP contribution < -0.4 is 0 Å². The zero-order valence-corrected chi connectivity index (χ0v) is 15.0. The molecule has 0 unspecified atom stereocenters. The average molecular weight is 376 g/mol. The Morgan fingerprint density at radius 1 is 1.20 bits per heavy atom. The van der Waals surface area contributed by atoms with Gasteiger partial charge in [-0.1, -0.05) is 17.7 Å². The van der Waals surface area contributed by atoms with E-state index < -0.39 is 0 Å². The molecule has 0 spiro atoms. The maximum atomic E-state index is 13.7. The Labute approximate surface area is 153 Å². The third kappa shape index (κ3) is 2.89. The van der Waals surface area contributed by atoms with Crippen molar-refractivity contribution in [1.29, 1.82) is 0 Å². The number of nitrogens with zero attached hydrogens (tertiary/aromatic N) is 3. The summed E-state index contributed by atoms with van der Waals surface area (Å²) in [5.74, 6) is 1.48. The Bertz CT molecular complexity index is 998. The van der Waals surface area contributed by atoms with Gasteiger partial charge in [-0.2, -0.15) is 16.9 Å². The molecule has 1 saturated heterocycles. The Balaban J connectivity index is 1.83. The molecule has 0 bridgehead atoms. The summed E-state index contributed by atoms with van der Waals surface area (Å²) in [7, 11) is 0. The van der Waals surface area contributed by atoms with Crippen molar-refractivity contribution in [3.63, 3.8) is 0 Å². The second-order valence-electron chi connectivity index (χ2n) is 6.03. The molecule has 4 rings (SSSR count). The highest BCUT2D eigenvalue weighted by Crippen LogP contribution is 2.45. The number of halogens is 2. The van der Waals surface area contributed by atoms with E-state index in [1.54, 1.807) is 18.2 Å². The molecule has 2 heterocycles. The molecule has 1 aliphatic heterocycles. The summed E-state index contributed by atoms with van der Waals surface area (Å²) < 4.78 is 15.6. The number of thioether (sulfide) groups is 1. The minimum absolute atomic E-state index is 0.0212. The first kappa shape index (κ1) is 16.4. The zero-order valence-electron chi connectivity index (χ0n) is 13.4. The summed E-state index contributed by atoms with van der Waals surface area (Å²) in [4.78, 5) is 0. The van der Waals surface area contributed by atoms with Crippen LogP contribution >= 0.6 is 23.4 Å². The predicted octanol–water partition coefficient (Wildman–Crippen LogP) is 6.15. The van der Waals surface area contributed by atoms with Crippen molar-refractivity contribution in [2.45, 2.75) is 13.0 Å². The molecule has 4 nitrogen and oxygen atoms in total. The van der Waals surface area contributed by atoms with E-state index in [2.05, 4.69) is 10.2 Å². The van der Waals surface area contributed by atoms with E-state index in [-0.39, 0.29) is 23.4 Å². The van der Waals surface area contributed by atoms with Crippen molar-refractivity contribution < 1.29 is 9.50 Å². The Hall–Kier alpha value is -2.05. The molecule has 128 valence electrons. The Morgan fingerprint density at radius 3 is 2.68 bits per heavy atom. The number of azo groups is 1. The van der Waals surface area contributed by atoms with Crippen molar-refractivity contribution in [3.8, 4) is 5.88 Å². The van der Waals surface area contributed by atoms with Gasteiger partial charge in [0.05, 0.1) is 17.2 Å². The molecule has 0 radical (unpaired) electrons. The van der Waals surface area contributed by atoms with Crippen LogP contribution in [0.2, 0.25) is 5.02 Å². The maximum absolute atomic E-state index is 13.7. The van der Waals surface area contributed by atoms with Crippen LogP contribution in [0.15, 0.2) is 46.6 Å². The molecule has 1 aliphatic rings. The van der Waals surface area contributed by atoms with Crippen LogP contribution in [0.3, 0.4) is 0 Å². The standard InChI is InChI=1S/C18H15ClFN3OS/c1-10-2-4-12(7-15(10)19)21-22-17-14-6-11(20)3-5-16(14)23(18(17)24)13-8-25-9-13/h2-7,13,24H,8-9H2,1H3. The van der Waals surface area contributed by atoms with Gasteiger partial charge < -0.3 is 9.67 Å². The molecule has 2 aromatic carbocycles. The van der Waals surface area contributed by atoms with Crippen LogP contribution in [0.1, 0.15) is 11.6 Å². The van der Waals surface area contributed by atoms with Gasteiger partial charge in [0.15, 0.2) is 5.69 Å². The molecular weight excluding hydrogens is 361 g/mol. The molecule has 1 N–H and O–H groups in total. The highest BCUT2D eigenvalue weighted by molar-refractivity contribution is 8.00. The smallest absolute Gasteiger partial charge is 0.221 e. The minimum atomic E-state index is -0.373. The number of aryl methyl sites for hydroxylation is 1. The molecule has 0 amide bonds. The van der Waals surface area contributed by atoms with Gasteiger partial charge >= 0.3 is 0 Å². The number of hydrogen-bond donors (Lipinski definition) is 1. The molecule has 1 aromatic heterocycles. The Kier molecular flexibility index (Phi) is 4.17. The molecule has 1 fully saturated rings. The molecule has 0 atom stereocenters. The van der Waals surface area contributed by atoms with Gasteiger partial charge in [0, 0.05) is 21.9 Å². The molecule has 25 heavy (non-hydrogen) atoms. The summed E-state index contributed by atoms with van der Waals surface area (Å²) in [5.41, 5.74) is 2.57. The van der Waals surface area contributed by atoms with Gasteiger partial charge in [-0.05, 0) is 42.8 Å². The van der Waals surface area contributed by atoms with E-state index in [9.17, 15) is 9.50 Å². The summed E-state index contributed by atoms with van der Waals surface area (Å²) in [6.07, 6.45) is 0. The first-order chi connectivity index (χ1) is 12.0. The number of benzene rings is 2. The first-order valence-electron chi connectivity index (χ1n) is 7.82. The molecule has 0 aliphatic carbocycles. The number of aromatic hydroxyl groups is 1. The highest BCUT2D eigenvalue weighted by Gasteiger charge is 2.27. The fourth-order valence-electron chi connectivity index (χ4n) is 2.85. The van der Waals surface area contributed by atoms with Crippen LogP contribution in [0, 0.1) is 12.7 Å². The molecule has 0 saturated carbocycles. The largest absolute Gasteiger partial charge is 0.493 e. The number of rotatable bonds is 3. The normalized spacial score (nSPS) is 15.2. The molecular formula is C18H15ClFN3OS. The third-order valence-corrected chi connectivity index (χ3v) is 5.97. The highest BCUT2D eigenvalue weighted by atomic mass is 35.5. The molecule has 7 heteroatoms. The second kappa shape index (κ2) is 6.35. The fourth-order valence-corrected chi connectivity index (χ4v) is 3.77. The van der Waals surface area contributed by atoms with Crippen molar-refractivity contribution >= 4 is 45.6 Å². The fraction of sp³-hybridized carbons (Fsp3) is 0.222. The lowest BCUT2D eigenvalue weighted by atomic mass is 10.2. The third-order valence-electron chi connectivity index (χ3n) is 4.32. The minimum Gasteiger partial charge on any atom is -0.493 e. The van der Waals surface area contributed by atoms with Crippen LogP contribution in [-0.4, -0.2) is 21.2 Å². The van der Waals surface area contributed by atoms with Crippen LogP contribution in [0.5, 0.6) is 5.88 Å². The monoisotopic (exact) mass is 375 g/mol. The van der Waals surface area contributed by atoms with E-state index >= 15 is 0 Å². The zero-order chi connectivity index (χ0) is 17.6. The van der Waals surface area contributed by atoms with E-state index in [0.29, 0.717) is 16.1 Å². The molecule has 3 aromatic rings. The van der Waals surface area contributed by atoms with Crippen molar-refractivity contribution in [1.82, 2.24) is 4.57 Å². The van der Waals surface area contributed by atoms with E-state index in [0.717, 1.165) is 22.6 Å². The van der Waals surface area contributed by atoms with E-state index in [1.165, 1.54) is 12.1 Å². The summed E-state index contributed by atoms with van der Waals surface area (Å²) in [6, 6.07) is 10.00. The van der Waals surface area contributed by atoms with Crippen LogP contribution in [-0.2, 0) is 0 Å². The predicted molar refractivity (Wildman–Crippen MR) is 100 cm³/mol. The summed E-state index contributed by atoms with van der Waals surface area (Å²) in [6.45, 7) is 1.90. The SMILES string of the molecule is Cc1ccc(N=Nc2c(O)n(C3CSC3)c3ccc(F)cc23)cc1Cl. The van der Waals surface area contributed by atoms with Gasteiger partial charge in [0.2, 0.25) is 5.88 Å². The number of aromatic nitrogens is 1. The lowest BCUT2D eigenvalue weighted by molar-refractivity contribution is 0.406. The number of fused-ring (bicyclic) bond motifs is 1. The van der Waals surface area contributed by atoms with Crippen molar-refractivity contribution in [2.75, 3.05) is 11.5 Å². The second-order valence-corrected chi connectivity index (χ2v) is 7.51. The summed E-state index contributed by atoms with van der Waals surface area (Å²) in [5, 5.41) is 20.2. The Morgan fingerprint density at radius 2 is 2.00 bits per heavy atom. The van der Waals surface area contributed by atoms with Gasteiger partial charge in [-0.15, -0.1) is 5.11 Å².